The molecule has 0 aliphatic carbocycles. The van der Waals surface area contributed by atoms with Crippen molar-refractivity contribution in [2.75, 3.05) is 5.73 Å². The topological polar surface area (TPSA) is 49.8 Å². The van der Waals surface area contributed by atoms with Crippen LogP contribution in [0.1, 0.15) is 30.9 Å². The molecular formula is C12H11ClN2S. The Morgan fingerprint density at radius 1 is 1.44 bits per heavy atom. The van der Waals surface area contributed by atoms with Crippen LogP contribution in [0.3, 0.4) is 0 Å². The molecule has 0 spiro atoms. The fourth-order valence-electron chi connectivity index (χ4n) is 1.89. The van der Waals surface area contributed by atoms with Crippen LogP contribution in [0.25, 0.3) is 10.1 Å². The number of nitriles is 1. The van der Waals surface area contributed by atoms with E-state index in [0.717, 1.165) is 15.6 Å². The van der Waals surface area contributed by atoms with E-state index < -0.39 is 0 Å². The first-order chi connectivity index (χ1) is 7.56. The lowest BCUT2D eigenvalue weighted by molar-refractivity contribution is 0.877. The summed E-state index contributed by atoms with van der Waals surface area (Å²) in [6.07, 6.45) is 0. The number of thiophene rings is 1. The molecule has 0 fully saturated rings. The Labute approximate surface area is 103 Å². The van der Waals surface area contributed by atoms with Crippen LogP contribution in [-0.4, -0.2) is 0 Å². The maximum Gasteiger partial charge on any atom is 0.105 e. The number of fused-ring (bicyclic) bond motifs is 1. The lowest BCUT2D eigenvalue weighted by Gasteiger charge is -2.10. The Kier molecular flexibility index (Phi) is 2.79. The van der Waals surface area contributed by atoms with Crippen molar-refractivity contribution in [1.82, 2.24) is 0 Å². The number of nitrogens with zero attached hydrogens (tertiary/aromatic N) is 1. The minimum Gasteiger partial charge on any atom is -0.389 e. The fourth-order valence-corrected chi connectivity index (χ4v) is 3.20. The van der Waals surface area contributed by atoms with Crippen LogP contribution in [0, 0.1) is 11.3 Å². The van der Waals surface area contributed by atoms with Gasteiger partial charge in [0.2, 0.25) is 0 Å². The summed E-state index contributed by atoms with van der Waals surface area (Å²) < 4.78 is 1.03. The molecule has 2 nitrogen and oxygen atoms in total. The highest BCUT2D eigenvalue weighted by Crippen LogP contribution is 2.40. The average Bonchev–Trinajstić information content (AvgIpc) is 2.53. The monoisotopic (exact) mass is 250 g/mol. The van der Waals surface area contributed by atoms with E-state index in [1.165, 1.54) is 11.3 Å². The number of nitrogen functional groups attached to an aromatic ring is 1. The largest absolute Gasteiger partial charge is 0.389 e. The number of benzene rings is 1. The molecule has 82 valence electrons. The van der Waals surface area contributed by atoms with Gasteiger partial charge in [-0.05, 0) is 23.6 Å². The SMILES string of the molecule is CC(C)c1c(Cl)ccc2sc(N)c(C#N)c12. The second-order valence-electron chi connectivity index (χ2n) is 3.94. The molecule has 2 rings (SSSR count). The lowest BCUT2D eigenvalue weighted by atomic mass is 9.97. The third kappa shape index (κ3) is 1.55. The molecule has 0 atom stereocenters. The number of rotatable bonds is 1. The van der Waals surface area contributed by atoms with Crippen molar-refractivity contribution in [2.24, 2.45) is 0 Å². The molecule has 0 bridgehead atoms. The van der Waals surface area contributed by atoms with Gasteiger partial charge in [0.25, 0.3) is 0 Å². The molecule has 1 aromatic heterocycles. The van der Waals surface area contributed by atoms with Crippen molar-refractivity contribution in [3.05, 3.63) is 28.3 Å². The Morgan fingerprint density at radius 2 is 2.12 bits per heavy atom. The summed E-state index contributed by atoms with van der Waals surface area (Å²) in [4.78, 5) is 0. The van der Waals surface area contributed by atoms with Gasteiger partial charge in [0.1, 0.15) is 11.1 Å². The molecule has 0 amide bonds. The molecular weight excluding hydrogens is 240 g/mol. The molecule has 16 heavy (non-hydrogen) atoms. The molecule has 0 saturated heterocycles. The molecule has 2 N–H and O–H groups in total. The van der Waals surface area contributed by atoms with E-state index in [-0.39, 0.29) is 5.92 Å². The first kappa shape index (κ1) is 11.3. The van der Waals surface area contributed by atoms with Gasteiger partial charge in [0.15, 0.2) is 0 Å². The van der Waals surface area contributed by atoms with Gasteiger partial charge in [-0.3, -0.25) is 0 Å². The van der Waals surface area contributed by atoms with Crippen molar-refractivity contribution in [3.63, 3.8) is 0 Å². The highest BCUT2D eigenvalue weighted by Gasteiger charge is 2.17. The first-order valence-corrected chi connectivity index (χ1v) is 6.16. The van der Waals surface area contributed by atoms with Gasteiger partial charge in [-0.1, -0.05) is 25.4 Å². The summed E-state index contributed by atoms with van der Waals surface area (Å²) in [6.45, 7) is 4.13. The summed E-state index contributed by atoms with van der Waals surface area (Å²) in [6, 6.07) is 5.96. The zero-order valence-corrected chi connectivity index (χ0v) is 10.6. The lowest BCUT2D eigenvalue weighted by Crippen LogP contribution is -1.92. The summed E-state index contributed by atoms with van der Waals surface area (Å²) >= 11 is 7.63. The highest BCUT2D eigenvalue weighted by molar-refractivity contribution is 7.23. The molecule has 0 saturated carbocycles. The third-order valence-electron chi connectivity index (χ3n) is 2.56. The Balaban J connectivity index is 2.96. The van der Waals surface area contributed by atoms with Gasteiger partial charge in [-0.15, -0.1) is 11.3 Å². The van der Waals surface area contributed by atoms with Crippen LogP contribution in [-0.2, 0) is 0 Å². The number of hydrogen-bond acceptors (Lipinski definition) is 3. The summed E-state index contributed by atoms with van der Waals surface area (Å²) in [5.41, 5.74) is 7.41. The Bertz CT molecular complexity index is 593. The number of hydrogen-bond donors (Lipinski definition) is 1. The number of nitrogens with two attached hydrogens (primary N) is 1. The van der Waals surface area contributed by atoms with E-state index in [9.17, 15) is 0 Å². The van der Waals surface area contributed by atoms with Crippen molar-refractivity contribution in [3.8, 4) is 6.07 Å². The first-order valence-electron chi connectivity index (χ1n) is 4.96. The predicted molar refractivity (Wildman–Crippen MR) is 70.1 cm³/mol. The van der Waals surface area contributed by atoms with Crippen molar-refractivity contribution in [1.29, 1.82) is 5.26 Å². The normalized spacial score (nSPS) is 10.9. The molecule has 4 heteroatoms. The third-order valence-corrected chi connectivity index (χ3v) is 3.87. The Morgan fingerprint density at radius 3 is 2.69 bits per heavy atom. The Hall–Kier alpha value is -1.24. The van der Waals surface area contributed by atoms with Gasteiger partial charge in [0.05, 0.1) is 5.56 Å². The van der Waals surface area contributed by atoms with Crippen molar-refractivity contribution in [2.45, 2.75) is 19.8 Å². The van der Waals surface area contributed by atoms with Crippen molar-refractivity contribution < 1.29 is 0 Å². The molecule has 1 heterocycles. The van der Waals surface area contributed by atoms with E-state index in [4.69, 9.17) is 22.6 Å². The minimum atomic E-state index is 0.275. The standard InChI is InChI=1S/C12H11ClN2S/c1-6(2)10-8(13)3-4-9-11(10)7(5-14)12(15)16-9/h3-4,6H,15H2,1-2H3. The van der Waals surface area contributed by atoms with Crippen LogP contribution >= 0.6 is 22.9 Å². The van der Waals surface area contributed by atoms with Crippen LogP contribution in [0.4, 0.5) is 5.00 Å². The average molecular weight is 251 g/mol. The number of anilines is 1. The molecule has 0 aliphatic rings. The summed E-state index contributed by atoms with van der Waals surface area (Å²) in [5.74, 6) is 0.275. The number of halogens is 1. The summed E-state index contributed by atoms with van der Waals surface area (Å²) in [5, 5.41) is 11.3. The van der Waals surface area contributed by atoms with E-state index in [0.29, 0.717) is 15.6 Å². The van der Waals surface area contributed by atoms with E-state index in [1.54, 1.807) is 0 Å². The van der Waals surface area contributed by atoms with Crippen LogP contribution in [0.5, 0.6) is 0 Å². The van der Waals surface area contributed by atoms with Crippen LogP contribution in [0.2, 0.25) is 5.02 Å². The molecule has 0 radical (unpaired) electrons. The van der Waals surface area contributed by atoms with Gasteiger partial charge in [0, 0.05) is 15.1 Å². The zero-order valence-electron chi connectivity index (χ0n) is 9.04. The fraction of sp³-hybridized carbons (Fsp3) is 0.250. The molecule has 0 unspecified atom stereocenters. The second kappa shape index (κ2) is 3.97. The maximum absolute atomic E-state index is 9.14. The molecule has 2 aromatic rings. The highest BCUT2D eigenvalue weighted by atomic mass is 35.5. The molecule has 0 aliphatic heterocycles. The van der Waals surface area contributed by atoms with Gasteiger partial charge >= 0.3 is 0 Å². The molecule has 1 aromatic carbocycles. The van der Waals surface area contributed by atoms with Crippen LogP contribution in [0.15, 0.2) is 12.1 Å². The van der Waals surface area contributed by atoms with Gasteiger partial charge < -0.3 is 5.73 Å². The van der Waals surface area contributed by atoms with E-state index in [1.807, 2.05) is 12.1 Å². The van der Waals surface area contributed by atoms with Crippen LogP contribution < -0.4 is 5.73 Å². The van der Waals surface area contributed by atoms with Gasteiger partial charge in [-0.25, -0.2) is 0 Å². The minimum absolute atomic E-state index is 0.275. The van der Waals surface area contributed by atoms with E-state index >= 15 is 0 Å². The quantitative estimate of drug-likeness (QED) is 0.827. The van der Waals surface area contributed by atoms with E-state index in [2.05, 4.69) is 19.9 Å². The summed E-state index contributed by atoms with van der Waals surface area (Å²) in [7, 11) is 0. The second-order valence-corrected chi connectivity index (χ2v) is 5.43. The maximum atomic E-state index is 9.14. The van der Waals surface area contributed by atoms with Crippen molar-refractivity contribution >= 4 is 38.0 Å². The zero-order chi connectivity index (χ0) is 11.9. The smallest absolute Gasteiger partial charge is 0.105 e. The predicted octanol–water partition coefficient (Wildman–Crippen LogP) is 4.13. The van der Waals surface area contributed by atoms with Gasteiger partial charge in [-0.2, -0.15) is 5.26 Å².